The molecular formula is C15H21NO2S. The quantitative estimate of drug-likeness (QED) is 0.843. The standard InChI is InChI=1S/C15H21NO2S/c1-19-14-9-3-2-8-13(14)15(18)16-10-4-6-12(16)7-5-11-17/h2-3,8-9,12,17H,4-7,10-11H2,1H3. The van der Waals surface area contributed by atoms with Crippen molar-refractivity contribution in [1.29, 1.82) is 0 Å². The summed E-state index contributed by atoms with van der Waals surface area (Å²) in [7, 11) is 0. The minimum Gasteiger partial charge on any atom is -0.396 e. The van der Waals surface area contributed by atoms with Crippen LogP contribution >= 0.6 is 11.8 Å². The van der Waals surface area contributed by atoms with Crippen molar-refractivity contribution in [3.63, 3.8) is 0 Å². The van der Waals surface area contributed by atoms with Gasteiger partial charge in [-0.1, -0.05) is 12.1 Å². The van der Waals surface area contributed by atoms with Crippen molar-refractivity contribution in [1.82, 2.24) is 4.90 Å². The van der Waals surface area contributed by atoms with Gasteiger partial charge < -0.3 is 10.0 Å². The second kappa shape index (κ2) is 6.96. The first-order valence-corrected chi connectivity index (χ1v) is 8.05. The van der Waals surface area contributed by atoms with Crippen LogP contribution in [0.2, 0.25) is 0 Å². The van der Waals surface area contributed by atoms with E-state index in [9.17, 15) is 4.79 Å². The van der Waals surface area contributed by atoms with E-state index in [1.807, 2.05) is 35.4 Å². The van der Waals surface area contributed by atoms with Crippen molar-refractivity contribution in [2.75, 3.05) is 19.4 Å². The fourth-order valence-electron chi connectivity index (χ4n) is 2.71. The minimum absolute atomic E-state index is 0.144. The molecule has 0 saturated carbocycles. The van der Waals surface area contributed by atoms with E-state index < -0.39 is 0 Å². The summed E-state index contributed by atoms with van der Waals surface area (Å²) in [5.41, 5.74) is 0.811. The molecule has 1 fully saturated rings. The Kier molecular flexibility index (Phi) is 5.28. The smallest absolute Gasteiger partial charge is 0.255 e. The van der Waals surface area contributed by atoms with E-state index in [0.717, 1.165) is 42.7 Å². The third-order valence-electron chi connectivity index (χ3n) is 3.67. The Hall–Kier alpha value is -1.00. The van der Waals surface area contributed by atoms with Crippen molar-refractivity contribution in [3.05, 3.63) is 29.8 Å². The zero-order valence-corrected chi connectivity index (χ0v) is 12.2. The van der Waals surface area contributed by atoms with E-state index in [1.165, 1.54) is 0 Å². The SMILES string of the molecule is CSc1ccccc1C(=O)N1CCCC1CCCO. The summed E-state index contributed by atoms with van der Waals surface area (Å²) < 4.78 is 0. The molecule has 0 aliphatic carbocycles. The number of aliphatic hydroxyl groups excluding tert-OH is 1. The summed E-state index contributed by atoms with van der Waals surface area (Å²) in [5, 5.41) is 8.94. The maximum Gasteiger partial charge on any atom is 0.255 e. The fraction of sp³-hybridized carbons (Fsp3) is 0.533. The molecule has 1 N–H and O–H groups in total. The molecule has 1 aromatic carbocycles. The molecule has 0 radical (unpaired) electrons. The molecule has 0 bridgehead atoms. The van der Waals surface area contributed by atoms with Crippen LogP contribution in [0.4, 0.5) is 0 Å². The van der Waals surface area contributed by atoms with Crippen LogP contribution in [-0.4, -0.2) is 41.4 Å². The summed E-state index contributed by atoms with van der Waals surface area (Å²) in [4.78, 5) is 15.7. The largest absolute Gasteiger partial charge is 0.396 e. The Labute approximate surface area is 119 Å². The number of amides is 1. The average molecular weight is 279 g/mol. The van der Waals surface area contributed by atoms with Gasteiger partial charge in [0.05, 0.1) is 5.56 Å². The molecule has 1 aliphatic rings. The molecule has 19 heavy (non-hydrogen) atoms. The highest BCUT2D eigenvalue weighted by Crippen LogP contribution is 2.27. The summed E-state index contributed by atoms with van der Waals surface area (Å²) in [5.74, 6) is 0.144. The topological polar surface area (TPSA) is 40.5 Å². The number of nitrogens with zero attached hydrogens (tertiary/aromatic N) is 1. The highest BCUT2D eigenvalue weighted by molar-refractivity contribution is 7.98. The highest BCUT2D eigenvalue weighted by Gasteiger charge is 2.29. The predicted octanol–water partition coefficient (Wildman–Crippen LogP) is 2.79. The molecule has 2 rings (SSSR count). The molecular weight excluding hydrogens is 258 g/mol. The number of likely N-dealkylation sites (tertiary alicyclic amines) is 1. The molecule has 1 unspecified atom stereocenters. The number of thioether (sulfide) groups is 1. The van der Waals surface area contributed by atoms with Gasteiger partial charge in [-0.25, -0.2) is 0 Å². The second-order valence-electron chi connectivity index (χ2n) is 4.86. The van der Waals surface area contributed by atoms with Gasteiger partial charge in [-0.2, -0.15) is 0 Å². The number of hydrogen-bond acceptors (Lipinski definition) is 3. The number of carbonyl (C=O) groups excluding carboxylic acids is 1. The molecule has 0 spiro atoms. The second-order valence-corrected chi connectivity index (χ2v) is 5.71. The van der Waals surface area contributed by atoms with E-state index in [4.69, 9.17) is 5.11 Å². The number of aliphatic hydroxyl groups is 1. The van der Waals surface area contributed by atoms with Crippen LogP contribution in [0, 0.1) is 0 Å². The number of rotatable bonds is 5. The molecule has 1 saturated heterocycles. The summed E-state index contributed by atoms with van der Waals surface area (Å²) in [6.45, 7) is 1.05. The number of carbonyl (C=O) groups is 1. The first kappa shape index (κ1) is 14.4. The van der Waals surface area contributed by atoms with Crippen LogP contribution in [-0.2, 0) is 0 Å². The maximum atomic E-state index is 12.7. The third kappa shape index (κ3) is 3.31. The Morgan fingerprint density at radius 1 is 1.47 bits per heavy atom. The van der Waals surface area contributed by atoms with Gasteiger partial charge >= 0.3 is 0 Å². The monoisotopic (exact) mass is 279 g/mol. The molecule has 104 valence electrons. The van der Waals surface area contributed by atoms with E-state index >= 15 is 0 Å². The maximum absolute atomic E-state index is 12.7. The number of benzene rings is 1. The van der Waals surface area contributed by atoms with E-state index in [1.54, 1.807) is 11.8 Å². The van der Waals surface area contributed by atoms with Crippen LogP contribution in [0.15, 0.2) is 29.2 Å². The number of hydrogen-bond donors (Lipinski definition) is 1. The van der Waals surface area contributed by atoms with E-state index in [2.05, 4.69) is 0 Å². The molecule has 3 nitrogen and oxygen atoms in total. The molecule has 0 aromatic heterocycles. The van der Waals surface area contributed by atoms with Gasteiger partial charge in [0, 0.05) is 24.1 Å². The molecule has 1 heterocycles. The lowest BCUT2D eigenvalue weighted by Gasteiger charge is -2.25. The van der Waals surface area contributed by atoms with Crippen molar-refractivity contribution < 1.29 is 9.90 Å². The van der Waals surface area contributed by atoms with Crippen molar-refractivity contribution in [2.45, 2.75) is 36.6 Å². The zero-order chi connectivity index (χ0) is 13.7. The highest BCUT2D eigenvalue weighted by atomic mass is 32.2. The third-order valence-corrected chi connectivity index (χ3v) is 4.47. The minimum atomic E-state index is 0.144. The van der Waals surface area contributed by atoms with Gasteiger partial charge in [-0.15, -0.1) is 11.8 Å². The normalized spacial score (nSPS) is 18.8. The molecule has 1 amide bonds. The van der Waals surface area contributed by atoms with Gasteiger partial charge in [-0.3, -0.25) is 4.79 Å². The van der Waals surface area contributed by atoms with Crippen molar-refractivity contribution in [3.8, 4) is 0 Å². The lowest BCUT2D eigenvalue weighted by atomic mass is 10.1. The van der Waals surface area contributed by atoms with Crippen LogP contribution in [0.25, 0.3) is 0 Å². The molecule has 4 heteroatoms. The van der Waals surface area contributed by atoms with Gasteiger partial charge in [0.2, 0.25) is 0 Å². The first-order chi connectivity index (χ1) is 9.27. The zero-order valence-electron chi connectivity index (χ0n) is 11.3. The fourth-order valence-corrected chi connectivity index (χ4v) is 3.30. The Morgan fingerprint density at radius 2 is 2.26 bits per heavy atom. The van der Waals surface area contributed by atoms with Crippen molar-refractivity contribution >= 4 is 17.7 Å². The Bertz CT molecular complexity index is 436. The van der Waals surface area contributed by atoms with Gasteiger partial charge in [0.1, 0.15) is 0 Å². The lowest BCUT2D eigenvalue weighted by molar-refractivity contribution is 0.0721. The van der Waals surface area contributed by atoms with Crippen LogP contribution < -0.4 is 0 Å². The van der Waals surface area contributed by atoms with Crippen LogP contribution in [0.3, 0.4) is 0 Å². The predicted molar refractivity (Wildman–Crippen MR) is 78.6 cm³/mol. The first-order valence-electron chi connectivity index (χ1n) is 6.82. The molecule has 1 atom stereocenters. The van der Waals surface area contributed by atoms with Crippen molar-refractivity contribution in [2.24, 2.45) is 0 Å². The Morgan fingerprint density at radius 3 is 3.00 bits per heavy atom. The van der Waals surface area contributed by atoms with E-state index in [-0.39, 0.29) is 12.5 Å². The van der Waals surface area contributed by atoms with Crippen LogP contribution in [0.5, 0.6) is 0 Å². The van der Waals surface area contributed by atoms with E-state index in [0.29, 0.717) is 6.04 Å². The summed E-state index contributed by atoms with van der Waals surface area (Å²) in [6, 6.07) is 8.10. The molecule has 1 aliphatic heterocycles. The lowest BCUT2D eigenvalue weighted by Crippen LogP contribution is -2.35. The van der Waals surface area contributed by atoms with Crippen LogP contribution in [0.1, 0.15) is 36.0 Å². The summed E-state index contributed by atoms with van der Waals surface area (Å²) >= 11 is 1.61. The van der Waals surface area contributed by atoms with Gasteiger partial charge in [0.15, 0.2) is 0 Å². The molecule has 1 aromatic rings. The van der Waals surface area contributed by atoms with Gasteiger partial charge in [0.25, 0.3) is 5.91 Å². The summed E-state index contributed by atoms with van der Waals surface area (Å²) in [6.07, 6.45) is 5.82. The average Bonchev–Trinajstić information content (AvgIpc) is 2.92. The Balaban J connectivity index is 2.13. The van der Waals surface area contributed by atoms with Gasteiger partial charge in [-0.05, 0) is 44.1 Å².